The van der Waals surface area contributed by atoms with Gasteiger partial charge in [0.1, 0.15) is 0 Å². The van der Waals surface area contributed by atoms with E-state index >= 15 is 0 Å². The molecule has 96 valence electrons. The quantitative estimate of drug-likeness (QED) is 0.210. The van der Waals surface area contributed by atoms with Gasteiger partial charge in [-0.3, -0.25) is 0 Å². The van der Waals surface area contributed by atoms with Crippen LogP contribution in [0.25, 0.3) is 0 Å². The van der Waals surface area contributed by atoms with Gasteiger partial charge in [-0.1, -0.05) is 0 Å². The first kappa shape index (κ1) is 25.5. The number of rotatable bonds is 0. The van der Waals surface area contributed by atoms with Gasteiger partial charge in [0.25, 0.3) is 0 Å². The van der Waals surface area contributed by atoms with Crippen molar-refractivity contribution in [2.75, 3.05) is 0 Å². The van der Waals surface area contributed by atoms with Gasteiger partial charge in [0, 0.05) is 0 Å². The van der Waals surface area contributed by atoms with E-state index in [1.807, 2.05) is 0 Å². The second-order valence-electron chi connectivity index (χ2n) is 1.13. The van der Waals surface area contributed by atoms with Gasteiger partial charge in [0.2, 0.25) is 0 Å². The Labute approximate surface area is 109 Å². The minimum absolute atomic E-state index is 0. The van der Waals surface area contributed by atoms with E-state index in [1.54, 1.807) is 0 Å². The first-order chi connectivity index (χ1) is 6.00. The van der Waals surface area contributed by atoms with Crippen LogP contribution in [-0.4, -0.2) is 19.8 Å². The van der Waals surface area contributed by atoms with Gasteiger partial charge >= 0.3 is 110 Å². The molecule has 0 saturated carbocycles. The van der Waals surface area contributed by atoms with E-state index in [-0.39, 0.29) is 19.8 Å². The molecule has 0 aromatic rings. The Bertz CT molecular complexity index is 480. The first-order valence-corrected chi connectivity index (χ1v) is 15.2. The molecule has 0 rings (SSSR count). The third-order valence-corrected chi connectivity index (χ3v) is 0. The summed E-state index contributed by atoms with van der Waals surface area (Å²) in [5.74, 6) is 0. The molecule has 0 bridgehead atoms. The Morgan fingerprint density at radius 1 is 0.438 bits per heavy atom. The van der Waals surface area contributed by atoms with Gasteiger partial charge in [-0.15, -0.1) is 0 Å². The number of hydrogen-bond acceptors (Lipinski definition) is 12. The Hall–Kier alpha value is 0.703. The van der Waals surface area contributed by atoms with E-state index in [4.69, 9.17) is 42.7 Å². The second-order valence-corrected chi connectivity index (χ2v) is 9.28. The summed E-state index contributed by atoms with van der Waals surface area (Å²) < 4.78 is 104. The van der Waals surface area contributed by atoms with E-state index in [0.29, 0.717) is 0 Å². The van der Waals surface area contributed by atoms with Crippen molar-refractivity contribution in [1.29, 1.82) is 0 Å². The van der Waals surface area contributed by atoms with Crippen LogP contribution < -0.4 is 11.5 Å². The Morgan fingerprint density at radius 3 is 0.438 bits per heavy atom. The van der Waals surface area contributed by atoms with E-state index in [2.05, 4.69) is 0 Å². The van der Waals surface area contributed by atoms with Crippen molar-refractivity contribution in [2.45, 2.75) is 0 Å². The molecule has 0 saturated heterocycles. The third-order valence-electron chi connectivity index (χ3n) is 0. The van der Waals surface area contributed by atoms with Gasteiger partial charge in [-0.2, -0.15) is 0 Å². The maximum atomic E-state index is 8.64. The second kappa shape index (κ2) is 9.70. The molecule has 0 aliphatic rings. The van der Waals surface area contributed by atoms with E-state index < -0.39 is 47.4 Å². The van der Waals surface area contributed by atoms with Gasteiger partial charge in [0.05, 0.1) is 0 Å². The van der Waals surface area contributed by atoms with Crippen LogP contribution in [0.5, 0.6) is 0 Å². The fraction of sp³-hybridized carbons (Fsp3) is 0. The van der Waals surface area contributed by atoms with E-state index in [0.717, 1.165) is 0 Å². The summed E-state index contributed by atoms with van der Waals surface area (Å²) in [5, 5.41) is 0. The van der Waals surface area contributed by atoms with Crippen LogP contribution >= 0.6 is 0 Å². The molecule has 0 aliphatic carbocycles. The molecule has 0 aromatic heterocycles. The predicted molar refractivity (Wildman–Crippen MR) is 11.9 cm³/mol. The molecule has 0 radical (unpaired) electrons. The van der Waals surface area contributed by atoms with Gasteiger partial charge < -0.3 is 0 Å². The Morgan fingerprint density at radius 2 is 0.438 bits per heavy atom. The fourth-order valence-corrected chi connectivity index (χ4v) is 0. The van der Waals surface area contributed by atoms with Crippen LogP contribution in [0.1, 0.15) is 0 Å². The van der Waals surface area contributed by atoms with Crippen molar-refractivity contribution < 1.29 is 90.1 Å². The first-order valence-electron chi connectivity index (χ1n) is 1.85. The Balaban J connectivity index is -0.0000000655. The average Bonchev–Trinajstić information content (AvgIpc) is 1.41. The molecule has 0 aromatic carbocycles. The zero-order valence-electron chi connectivity index (χ0n) is 6.61. The fourth-order valence-electron chi connectivity index (χ4n) is 0. The summed E-state index contributed by atoms with van der Waals surface area (Å²) >= 11 is -18.3. The molecule has 0 amide bonds. The predicted octanol–water partition coefficient (Wildman–Crippen LogP) is -5.02. The van der Waals surface area contributed by atoms with Crippen molar-refractivity contribution >= 4 is 19.8 Å². The normalized spacial score (nSPS) is 10.7. The van der Waals surface area contributed by atoms with Crippen LogP contribution in [0.15, 0.2) is 0 Å². The molecule has 12 nitrogen and oxygen atoms in total. The molecule has 0 heterocycles. The van der Waals surface area contributed by atoms with E-state index in [1.165, 1.54) is 0 Å². The molecule has 0 unspecified atom stereocenters. The average molecular weight is 820 g/mol. The summed E-state index contributed by atoms with van der Waals surface area (Å²) in [5.41, 5.74) is 0. The SMILES string of the molecule is [Ga+3].[O]=[Re](=[O])(=[O])[O-].[O]=[Re](=[O])(=[O])[O-].[O]=[Re](=[O])(=[O])[O-]. The van der Waals surface area contributed by atoms with Gasteiger partial charge in [-0.05, 0) is 0 Å². The van der Waals surface area contributed by atoms with Crippen molar-refractivity contribution in [3.63, 3.8) is 0 Å². The third kappa shape index (κ3) is 5580. The minimum atomic E-state index is -6.11. The monoisotopic (exact) mass is 822 g/mol. The topological polar surface area (TPSA) is 223 Å². The summed E-state index contributed by atoms with van der Waals surface area (Å²) in [6, 6.07) is 0. The van der Waals surface area contributed by atoms with Crippen LogP contribution in [0, 0.1) is 0 Å². The standard InChI is InChI=1S/Ga.12O.3Re/q+3;;;;;;;;;;3*-1;;;. The Kier molecular flexibility index (Phi) is 15.5. The molecular weight excluding hydrogens is 820 g/mol. The van der Waals surface area contributed by atoms with Crippen molar-refractivity contribution in [1.82, 2.24) is 0 Å². The maximum absolute atomic E-state index is 8.64. The van der Waals surface area contributed by atoms with Gasteiger partial charge in [0.15, 0.2) is 0 Å². The van der Waals surface area contributed by atoms with Crippen LogP contribution in [0.2, 0.25) is 0 Å². The molecule has 0 fully saturated rings. The molecule has 16 heteroatoms. The van der Waals surface area contributed by atoms with Gasteiger partial charge in [-0.25, -0.2) is 0 Å². The molecule has 0 atom stereocenters. The summed E-state index contributed by atoms with van der Waals surface area (Å²) in [6.45, 7) is 0. The van der Waals surface area contributed by atoms with E-state index in [9.17, 15) is 0 Å². The van der Waals surface area contributed by atoms with Crippen molar-refractivity contribution in [3.05, 3.63) is 0 Å². The molecule has 0 N–H and O–H groups in total. The molecule has 0 spiro atoms. The summed E-state index contributed by atoms with van der Waals surface area (Å²) in [6.07, 6.45) is 0. The van der Waals surface area contributed by atoms with Crippen LogP contribution in [0.4, 0.5) is 0 Å². The summed E-state index contributed by atoms with van der Waals surface area (Å²) in [4.78, 5) is 0. The van der Waals surface area contributed by atoms with Crippen LogP contribution in [-0.2, 0) is 78.6 Å². The molecule has 16 heavy (non-hydrogen) atoms. The zero-order valence-corrected chi connectivity index (χ0v) is 17.2. The van der Waals surface area contributed by atoms with Crippen molar-refractivity contribution in [2.24, 2.45) is 0 Å². The molecule has 0 aliphatic heterocycles. The zero-order chi connectivity index (χ0) is 13.5. The van der Waals surface area contributed by atoms with Crippen molar-refractivity contribution in [3.8, 4) is 0 Å². The van der Waals surface area contributed by atoms with Crippen LogP contribution in [0.3, 0.4) is 0 Å². The number of hydrogen-bond donors (Lipinski definition) is 0. The molecular formula is GaO12Re3. The summed E-state index contributed by atoms with van der Waals surface area (Å²) in [7, 11) is 0.